The molecule has 3 rings (SSSR count). The van der Waals surface area contributed by atoms with Crippen LogP contribution in [0.15, 0.2) is 36.5 Å². The summed E-state index contributed by atoms with van der Waals surface area (Å²) in [6.45, 7) is 8.38. The van der Waals surface area contributed by atoms with E-state index < -0.39 is 6.10 Å². The minimum atomic E-state index is -0.998. The van der Waals surface area contributed by atoms with E-state index in [0.29, 0.717) is 42.6 Å². The molecule has 0 radical (unpaired) electrons. The number of amides is 2. The molecule has 0 spiro atoms. The van der Waals surface area contributed by atoms with E-state index in [9.17, 15) is 9.90 Å². The van der Waals surface area contributed by atoms with E-state index in [-0.39, 0.29) is 18.1 Å². The molecule has 0 saturated carbocycles. The summed E-state index contributed by atoms with van der Waals surface area (Å²) in [6, 6.07) is 9.43. The van der Waals surface area contributed by atoms with Gasteiger partial charge in [0.05, 0.1) is 11.6 Å². The Balaban J connectivity index is 1.57. The number of aliphatic hydroxyl groups is 2. The number of piperazine rings is 1. The Morgan fingerprint density at radius 1 is 1.20 bits per heavy atom. The molecule has 2 heterocycles. The van der Waals surface area contributed by atoms with Gasteiger partial charge >= 0.3 is 6.03 Å². The Labute approximate surface area is 182 Å². The van der Waals surface area contributed by atoms with Crippen LogP contribution in [0.2, 0.25) is 5.02 Å². The lowest BCUT2D eigenvalue weighted by molar-refractivity contribution is 0.0953. The summed E-state index contributed by atoms with van der Waals surface area (Å²) in [4.78, 5) is 20.7. The van der Waals surface area contributed by atoms with Crippen LogP contribution in [-0.4, -0.2) is 58.9 Å². The number of pyridine rings is 1. The standard InChI is InChI=1S/C22H29ClN4O3/c1-22(2,3)16-4-6-17(7-5-16)25-21(30)27-10-8-26(9-11-27)20-18(23)12-15(13-24-20)19(29)14-28/h4-7,12-13,19,28-29H,8-11,14H2,1-3H3,(H,25,30)/t19-/m1/s1. The molecule has 1 aromatic heterocycles. The molecule has 1 saturated heterocycles. The molecule has 1 aromatic carbocycles. The minimum absolute atomic E-state index is 0.0720. The van der Waals surface area contributed by atoms with Crippen LogP contribution in [0.1, 0.15) is 38.0 Å². The largest absolute Gasteiger partial charge is 0.393 e. The number of rotatable bonds is 4. The van der Waals surface area contributed by atoms with E-state index in [0.717, 1.165) is 5.69 Å². The molecule has 1 fully saturated rings. The zero-order valence-corrected chi connectivity index (χ0v) is 18.4. The maximum atomic E-state index is 12.6. The van der Waals surface area contributed by atoms with Crippen molar-refractivity contribution < 1.29 is 15.0 Å². The van der Waals surface area contributed by atoms with Gasteiger partial charge < -0.3 is 25.3 Å². The maximum Gasteiger partial charge on any atom is 0.321 e. The second-order valence-electron chi connectivity index (χ2n) is 8.50. The topological polar surface area (TPSA) is 88.9 Å². The first kappa shape index (κ1) is 22.3. The number of carbonyl (C=O) groups excluding carboxylic acids is 1. The lowest BCUT2D eigenvalue weighted by Crippen LogP contribution is -2.50. The number of aromatic nitrogens is 1. The summed E-state index contributed by atoms with van der Waals surface area (Å²) >= 11 is 6.32. The Hall–Kier alpha value is -2.35. The van der Waals surface area contributed by atoms with Crippen LogP contribution in [0.5, 0.6) is 0 Å². The normalized spacial score (nSPS) is 15.8. The number of benzene rings is 1. The van der Waals surface area contributed by atoms with E-state index in [1.807, 2.05) is 29.2 Å². The minimum Gasteiger partial charge on any atom is -0.393 e. The van der Waals surface area contributed by atoms with Crippen molar-refractivity contribution in [2.75, 3.05) is 43.0 Å². The highest BCUT2D eigenvalue weighted by atomic mass is 35.5. The summed E-state index contributed by atoms with van der Waals surface area (Å²) in [5.41, 5.74) is 2.54. The number of anilines is 2. The molecule has 30 heavy (non-hydrogen) atoms. The van der Waals surface area contributed by atoms with Crippen LogP contribution in [-0.2, 0) is 5.41 Å². The number of nitrogens with zero attached hydrogens (tertiary/aromatic N) is 3. The quantitative estimate of drug-likeness (QED) is 0.688. The number of hydrogen-bond donors (Lipinski definition) is 3. The predicted octanol–water partition coefficient (Wildman–Crippen LogP) is 3.41. The SMILES string of the molecule is CC(C)(C)c1ccc(NC(=O)N2CCN(c3ncc([C@H](O)CO)cc3Cl)CC2)cc1. The molecule has 2 amide bonds. The monoisotopic (exact) mass is 432 g/mol. The van der Waals surface area contributed by atoms with Gasteiger partial charge in [-0.15, -0.1) is 0 Å². The van der Waals surface area contributed by atoms with Gasteiger partial charge in [-0.3, -0.25) is 0 Å². The third kappa shape index (κ3) is 5.22. The number of hydrogen-bond acceptors (Lipinski definition) is 5. The van der Waals surface area contributed by atoms with Crippen LogP contribution in [0.3, 0.4) is 0 Å². The Morgan fingerprint density at radius 3 is 2.37 bits per heavy atom. The lowest BCUT2D eigenvalue weighted by atomic mass is 9.87. The molecule has 2 aromatic rings. The van der Waals surface area contributed by atoms with E-state index in [2.05, 4.69) is 31.1 Å². The highest BCUT2D eigenvalue weighted by molar-refractivity contribution is 6.33. The van der Waals surface area contributed by atoms with Gasteiger partial charge in [0.1, 0.15) is 11.9 Å². The number of carbonyl (C=O) groups is 1. The van der Waals surface area contributed by atoms with Crippen molar-refractivity contribution in [2.45, 2.75) is 32.3 Å². The fraction of sp³-hybridized carbons (Fsp3) is 0.455. The first-order valence-electron chi connectivity index (χ1n) is 10.0. The Morgan fingerprint density at radius 2 is 1.83 bits per heavy atom. The zero-order chi connectivity index (χ0) is 21.9. The molecule has 7 nitrogen and oxygen atoms in total. The number of aliphatic hydroxyl groups excluding tert-OH is 2. The summed E-state index contributed by atoms with van der Waals surface area (Å²) in [5, 5.41) is 22.1. The van der Waals surface area contributed by atoms with Gasteiger partial charge in [0.15, 0.2) is 0 Å². The highest BCUT2D eigenvalue weighted by Crippen LogP contribution is 2.27. The second-order valence-corrected chi connectivity index (χ2v) is 8.91. The average Bonchev–Trinajstić information content (AvgIpc) is 2.73. The van der Waals surface area contributed by atoms with Gasteiger partial charge in [-0.05, 0) is 29.2 Å². The molecular formula is C22H29ClN4O3. The van der Waals surface area contributed by atoms with Crippen molar-refractivity contribution in [3.05, 3.63) is 52.7 Å². The number of nitrogens with one attached hydrogen (secondary N) is 1. The van der Waals surface area contributed by atoms with Gasteiger partial charge in [-0.1, -0.05) is 44.5 Å². The van der Waals surface area contributed by atoms with Crippen LogP contribution in [0.25, 0.3) is 0 Å². The zero-order valence-electron chi connectivity index (χ0n) is 17.6. The van der Waals surface area contributed by atoms with Crippen molar-refractivity contribution in [3.8, 4) is 0 Å². The van der Waals surface area contributed by atoms with Crippen LogP contribution >= 0.6 is 11.6 Å². The van der Waals surface area contributed by atoms with E-state index in [1.54, 1.807) is 11.0 Å². The first-order valence-corrected chi connectivity index (χ1v) is 10.4. The number of urea groups is 1. The van der Waals surface area contributed by atoms with Crippen molar-refractivity contribution >= 4 is 29.1 Å². The smallest absolute Gasteiger partial charge is 0.321 e. The lowest BCUT2D eigenvalue weighted by Gasteiger charge is -2.35. The van der Waals surface area contributed by atoms with Gasteiger partial charge in [-0.25, -0.2) is 9.78 Å². The molecule has 0 bridgehead atoms. The van der Waals surface area contributed by atoms with Gasteiger partial charge in [0, 0.05) is 43.6 Å². The molecule has 1 aliphatic rings. The average molecular weight is 433 g/mol. The molecule has 3 N–H and O–H groups in total. The predicted molar refractivity (Wildman–Crippen MR) is 119 cm³/mol. The molecule has 0 unspecified atom stereocenters. The Bertz CT molecular complexity index is 875. The van der Waals surface area contributed by atoms with Crippen LogP contribution in [0, 0.1) is 0 Å². The molecule has 162 valence electrons. The van der Waals surface area contributed by atoms with Crippen molar-refractivity contribution in [2.24, 2.45) is 0 Å². The van der Waals surface area contributed by atoms with Crippen LogP contribution in [0.4, 0.5) is 16.3 Å². The summed E-state index contributed by atoms with van der Waals surface area (Å²) in [7, 11) is 0. The van der Waals surface area contributed by atoms with Gasteiger partial charge in [0.25, 0.3) is 0 Å². The summed E-state index contributed by atoms with van der Waals surface area (Å²) in [5.74, 6) is 0.614. The first-order chi connectivity index (χ1) is 14.2. The van der Waals surface area contributed by atoms with E-state index in [4.69, 9.17) is 16.7 Å². The fourth-order valence-electron chi connectivity index (χ4n) is 3.34. The second kappa shape index (κ2) is 9.20. The van der Waals surface area contributed by atoms with E-state index >= 15 is 0 Å². The third-order valence-electron chi connectivity index (χ3n) is 5.27. The van der Waals surface area contributed by atoms with E-state index in [1.165, 1.54) is 11.8 Å². The van der Waals surface area contributed by atoms with Crippen molar-refractivity contribution in [1.82, 2.24) is 9.88 Å². The molecule has 0 aliphatic carbocycles. The van der Waals surface area contributed by atoms with Gasteiger partial charge in [0.2, 0.25) is 0 Å². The molecule has 1 atom stereocenters. The highest BCUT2D eigenvalue weighted by Gasteiger charge is 2.24. The van der Waals surface area contributed by atoms with Crippen molar-refractivity contribution in [1.29, 1.82) is 0 Å². The van der Waals surface area contributed by atoms with Crippen LogP contribution < -0.4 is 10.2 Å². The summed E-state index contributed by atoms with van der Waals surface area (Å²) < 4.78 is 0. The summed E-state index contributed by atoms with van der Waals surface area (Å²) in [6.07, 6.45) is 0.518. The Kier molecular flexibility index (Phi) is 6.85. The number of halogens is 1. The fourth-order valence-corrected chi connectivity index (χ4v) is 3.64. The molecule has 1 aliphatic heterocycles. The van der Waals surface area contributed by atoms with Crippen molar-refractivity contribution in [3.63, 3.8) is 0 Å². The van der Waals surface area contributed by atoms with Gasteiger partial charge in [-0.2, -0.15) is 0 Å². The molecular weight excluding hydrogens is 404 g/mol. The third-order valence-corrected chi connectivity index (χ3v) is 5.55. The molecule has 8 heteroatoms. The maximum absolute atomic E-state index is 12.6.